The van der Waals surface area contributed by atoms with Gasteiger partial charge in [0.2, 0.25) is 5.89 Å². The van der Waals surface area contributed by atoms with Crippen LogP contribution in [0.5, 0.6) is 0 Å². The Hall–Kier alpha value is -3.48. The molecule has 0 fully saturated rings. The maximum absolute atomic E-state index is 12.5. The van der Waals surface area contributed by atoms with Crippen molar-refractivity contribution >= 4 is 17.1 Å². The highest BCUT2D eigenvalue weighted by Gasteiger charge is 2.19. The standard InChI is InChI=1S/C19H16N4O3/c1-12-9-14(7-8-16(12)23-11-20-10-21-23)19(24)25-13(2)18-22-15-5-3-4-6-17(15)26-18/h3-11,13H,1-2H3/t13-/m0/s1. The van der Waals surface area contributed by atoms with E-state index in [-0.39, 0.29) is 0 Å². The summed E-state index contributed by atoms with van der Waals surface area (Å²) in [7, 11) is 0. The van der Waals surface area contributed by atoms with Gasteiger partial charge in [0.05, 0.1) is 11.3 Å². The molecule has 7 nitrogen and oxygen atoms in total. The molecule has 0 saturated carbocycles. The number of benzene rings is 2. The van der Waals surface area contributed by atoms with Gasteiger partial charge in [-0.1, -0.05) is 12.1 Å². The van der Waals surface area contributed by atoms with Crippen LogP contribution in [0.15, 0.2) is 59.5 Å². The zero-order chi connectivity index (χ0) is 18.1. The second-order valence-electron chi connectivity index (χ2n) is 5.91. The Labute approximate surface area is 149 Å². The first-order valence-electron chi connectivity index (χ1n) is 8.14. The number of aryl methyl sites for hydroxylation is 1. The molecule has 0 radical (unpaired) electrons. The molecule has 130 valence electrons. The molecule has 0 spiro atoms. The van der Waals surface area contributed by atoms with Crippen LogP contribution in [0.25, 0.3) is 16.8 Å². The maximum atomic E-state index is 12.5. The van der Waals surface area contributed by atoms with Gasteiger partial charge < -0.3 is 9.15 Å². The van der Waals surface area contributed by atoms with Gasteiger partial charge in [-0.2, -0.15) is 5.10 Å². The minimum absolute atomic E-state index is 0.371. The van der Waals surface area contributed by atoms with E-state index in [1.54, 1.807) is 30.1 Å². The summed E-state index contributed by atoms with van der Waals surface area (Å²) in [6, 6.07) is 12.7. The lowest BCUT2D eigenvalue weighted by Crippen LogP contribution is -2.10. The second-order valence-corrected chi connectivity index (χ2v) is 5.91. The Kier molecular flexibility index (Phi) is 3.96. The van der Waals surface area contributed by atoms with Gasteiger partial charge in [-0.25, -0.2) is 19.4 Å². The third-order valence-corrected chi connectivity index (χ3v) is 4.04. The van der Waals surface area contributed by atoms with E-state index in [1.165, 1.54) is 6.33 Å². The molecule has 2 aromatic heterocycles. The minimum Gasteiger partial charge on any atom is -0.449 e. The van der Waals surface area contributed by atoms with Gasteiger partial charge in [-0.15, -0.1) is 0 Å². The Balaban J connectivity index is 1.53. The molecule has 2 aromatic carbocycles. The summed E-state index contributed by atoms with van der Waals surface area (Å²) in [5.41, 5.74) is 3.59. The van der Waals surface area contributed by atoms with Crippen molar-refractivity contribution in [2.24, 2.45) is 0 Å². The maximum Gasteiger partial charge on any atom is 0.338 e. The van der Waals surface area contributed by atoms with Gasteiger partial charge in [0, 0.05) is 0 Å². The molecule has 1 atom stereocenters. The van der Waals surface area contributed by atoms with Crippen LogP contribution in [-0.4, -0.2) is 25.7 Å². The summed E-state index contributed by atoms with van der Waals surface area (Å²) in [4.78, 5) is 20.8. The van der Waals surface area contributed by atoms with E-state index in [1.807, 2.05) is 37.3 Å². The Morgan fingerprint density at radius 3 is 2.81 bits per heavy atom. The zero-order valence-corrected chi connectivity index (χ0v) is 14.3. The first-order valence-corrected chi connectivity index (χ1v) is 8.14. The van der Waals surface area contributed by atoms with Gasteiger partial charge in [-0.05, 0) is 49.7 Å². The van der Waals surface area contributed by atoms with E-state index >= 15 is 0 Å². The van der Waals surface area contributed by atoms with Crippen molar-refractivity contribution < 1.29 is 13.9 Å². The van der Waals surface area contributed by atoms with Crippen molar-refractivity contribution in [3.8, 4) is 5.69 Å². The average Bonchev–Trinajstić information content (AvgIpc) is 3.31. The Morgan fingerprint density at radius 2 is 2.08 bits per heavy atom. The van der Waals surface area contributed by atoms with Gasteiger partial charge in [0.1, 0.15) is 18.2 Å². The fourth-order valence-electron chi connectivity index (χ4n) is 2.72. The monoisotopic (exact) mass is 348 g/mol. The molecular weight excluding hydrogens is 332 g/mol. The van der Waals surface area contributed by atoms with Gasteiger partial charge in [0.15, 0.2) is 11.7 Å². The third kappa shape index (κ3) is 2.95. The summed E-state index contributed by atoms with van der Waals surface area (Å²) in [5.74, 6) is -0.0662. The third-order valence-electron chi connectivity index (χ3n) is 4.04. The van der Waals surface area contributed by atoms with E-state index in [4.69, 9.17) is 9.15 Å². The Bertz CT molecular complexity index is 1040. The normalized spacial score (nSPS) is 12.2. The van der Waals surface area contributed by atoms with Gasteiger partial charge in [0.25, 0.3) is 0 Å². The van der Waals surface area contributed by atoms with E-state index in [0.29, 0.717) is 17.0 Å². The number of oxazole rings is 1. The van der Waals surface area contributed by atoms with Crippen molar-refractivity contribution in [3.05, 3.63) is 72.1 Å². The zero-order valence-electron chi connectivity index (χ0n) is 14.3. The predicted molar refractivity (Wildman–Crippen MR) is 93.9 cm³/mol. The van der Waals surface area contributed by atoms with Crippen molar-refractivity contribution in [2.45, 2.75) is 20.0 Å². The largest absolute Gasteiger partial charge is 0.449 e. The molecule has 0 aliphatic heterocycles. The minimum atomic E-state index is -0.592. The number of ether oxygens (including phenoxy) is 1. The summed E-state index contributed by atoms with van der Waals surface area (Å²) in [6.45, 7) is 3.64. The lowest BCUT2D eigenvalue weighted by molar-refractivity contribution is 0.0282. The summed E-state index contributed by atoms with van der Waals surface area (Å²) < 4.78 is 12.8. The van der Waals surface area contributed by atoms with Crippen molar-refractivity contribution in [3.63, 3.8) is 0 Å². The van der Waals surface area contributed by atoms with Crippen LogP contribution in [-0.2, 0) is 4.74 Å². The lowest BCUT2D eigenvalue weighted by atomic mass is 10.1. The van der Waals surface area contributed by atoms with Gasteiger partial charge >= 0.3 is 5.97 Å². The molecule has 4 aromatic rings. The number of carbonyl (C=O) groups excluding carboxylic acids is 1. The number of carbonyl (C=O) groups is 1. The highest BCUT2D eigenvalue weighted by Crippen LogP contribution is 2.23. The highest BCUT2D eigenvalue weighted by molar-refractivity contribution is 5.90. The average molecular weight is 348 g/mol. The SMILES string of the molecule is Cc1cc(C(=O)O[C@@H](C)c2nc3ccccc3o2)ccc1-n1cncn1. The van der Waals surface area contributed by atoms with Gasteiger partial charge in [-0.3, -0.25) is 0 Å². The molecule has 26 heavy (non-hydrogen) atoms. The molecule has 0 aliphatic rings. The second kappa shape index (κ2) is 6.44. The van der Waals surface area contributed by atoms with E-state index in [0.717, 1.165) is 16.8 Å². The summed E-state index contributed by atoms with van der Waals surface area (Å²) in [6.07, 6.45) is 2.48. The van der Waals surface area contributed by atoms with Crippen LogP contribution in [0, 0.1) is 6.92 Å². The molecular formula is C19H16N4O3. The number of esters is 1. The van der Waals surface area contributed by atoms with Crippen LogP contribution >= 0.6 is 0 Å². The van der Waals surface area contributed by atoms with Crippen LogP contribution in [0.4, 0.5) is 0 Å². The topological polar surface area (TPSA) is 83.0 Å². The first-order chi connectivity index (χ1) is 12.6. The number of para-hydroxylation sites is 2. The molecule has 4 rings (SSSR count). The number of hydrogen-bond acceptors (Lipinski definition) is 6. The lowest BCUT2D eigenvalue weighted by Gasteiger charge is -2.11. The predicted octanol–water partition coefficient (Wildman–Crippen LogP) is 3.63. The van der Waals surface area contributed by atoms with Crippen LogP contribution in [0.2, 0.25) is 0 Å². The van der Waals surface area contributed by atoms with Crippen molar-refractivity contribution in [1.82, 2.24) is 19.7 Å². The van der Waals surface area contributed by atoms with Crippen LogP contribution < -0.4 is 0 Å². The molecule has 7 heteroatoms. The van der Waals surface area contributed by atoms with Crippen LogP contribution in [0.3, 0.4) is 0 Å². The number of fused-ring (bicyclic) bond motifs is 1. The number of aromatic nitrogens is 4. The summed E-state index contributed by atoms with van der Waals surface area (Å²) >= 11 is 0. The van der Waals surface area contributed by atoms with E-state index in [2.05, 4.69) is 15.1 Å². The smallest absolute Gasteiger partial charge is 0.338 e. The van der Waals surface area contributed by atoms with Crippen molar-refractivity contribution in [2.75, 3.05) is 0 Å². The highest BCUT2D eigenvalue weighted by atomic mass is 16.6. The molecule has 0 saturated heterocycles. The van der Waals surface area contributed by atoms with E-state index in [9.17, 15) is 4.79 Å². The quantitative estimate of drug-likeness (QED) is 0.524. The molecule has 0 aliphatic carbocycles. The summed E-state index contributed by atoms with van der Waals surface area (Å²) in [5, 5.41) is 4.10. The number of hydrogen-bond donors (Lipinski definition) is 0. The van der Waals surface area contributed by atoms with E-state index < -0.39 is 12.1 Å². The number of nitrogens with zero attached hydrogens (tertiary/aromatic N) is 4. The number of rotatable bonds is 4. The van der Waals surface area contributed by atoms with Crippen LogP contribution in [0.1, 0.15) is 34.8 Å². The molecule has 0 amide bonds. The van der Waals surface area contributed by atoms with Crippen molar-refractivity contribution in [1.29, 1.82) is 0 Å². The fraction of sp³-hybridized carbons (Fsp3) is 0.158. The first kappa shape index (κ1) is 16.0. The molecule has 0 bridgehead atoms. The molecule has 2 heterocycles. The molecule has 0 unspecified atom stereocenters. The fourth-order valence-corrected chi connectivity index (χ4v) is 2.72. The Morgan fingerprint density at radius 1 is 1.23 bits per heavy atom. The molecule has 0 N–H and O–H groups in total.